The van der Waals surface area contributed by atoms with Crippen LogP contribution in [0.1, 0.15) is 30.0 Å². The fourth-order valence-corrected chi connectivity index (χ4v) is 2.43. The van der Waals surface area contributed by atoms with Gasteiger partial charge in [0.15, 0.2) is 0 Å². The highest BCUT2D eigenvalue weighted by molar-refractivity contribution is 5.92. The molecule has 7 heteroatoms. The average Bonchev–Trinajstić information content (AvgIpc) is 2.66. The van der Waals surface area contributed by atoms with E-state index in [0.717, 1.165) is 17.2 Å². The van der Waals surface area contributed by atoms with Gasteiger partial charge in [-0.05, 0) is 51.1 Å². The van der Waals surface area contributed by atoms with Crippen LogP contribution < -0.4 is 14.8 Å². The molecule has 0 atom stereocenters. The van der Waals surface area contributed by atoms with Gasteiger partial charge in [0.25, 0.3) is 5.91 Å². The molecule has 1 N–H and O–H groups in total. The molecule has 0 spiro atoms. The number of anilines is 1. The second kappa shape index (κ2) is 9.60. The second-order valence-electron chi connectivity index (χ2n) is 5.65. The maximum Gasteiger partial charge on any atom is 0.272 e. The molecule has 1 aromatic heterocycles. The lowest BCUT2D eigenvalue weighted by Crippen LogP contribution is -2.31. The normalized spacial score (nSPS) is 10.3. The summed E-state index contributed by atoms with van der Waals surface area (Å²) < 4.78 is 10.8. The lowest BCUT2D eigenvalue weighted by molar-refractivity contribution is 0.0767. The molecule has 0 bridgehead atoms. The first-order valence-electron chi connectivity index (χ1n) is 8.73. The molecule has 2 aromatic rings. The Morgan fingerprint density at radius 2 is 1.77 bits per heavy atom. The monoisotopic (exact) mass is 358 g/mol. The predicted octanol–water partition coefficient (Wildman–Crippen LogP) is 2.77. The van der Waals surface area contributed by atoms with Gasteiger partial charge in [-0.1, -0.05) is 0 Å². The van der Waals surface area contributed by atoms with E-state index in [2.05, 4.69) is 15.3 Å². The molecule has 0 fully saturated rings. The Kier molecular flexibility index (Phi) is 7.20. The Bertz CT molecular complexity index is 715. The summed E-state index contributed by atoms with van der Waals surface area (Å²) in [5.41, 5.74) is 1.15. The highest BCUT2D eigenvalue weighted by atomic mass is 16.5. The standard InChI is InChI=1S/C19H26N4O3/c1-5-23(6-2)18(24)17-13-14(3)21-19(22-17)20-11-12-26-16-9-7-15(25-4)8-10-16/h7-10,13H,5-6,11-12H2,1-4H3,(H,20,21,22). The molecule has 0 saturated heterocycles. The topological polar surface area (TPSA) is 76.6 Å². The van der Waals surface area contributed by atoms with E-state index in [1.807, 2.05) is 45.0 Å². The lowest BCUT2D eigenvalue weighted by Gasteiger charge is -2.18. The number of carbonyl (C=O) groups is 1. The lowest BCUT2D eigenvalue weighted by atomic mass is 10.3. The van der Waals surface area contributed by atoms with E-state index in [1.165, 1.54) is 0 Å². The van der Waals surface area contributed by atoms with Crippen LogP contribution in [0.3, 0.4) is 0 Å². The van der Waals surface area contributed by atoms with Gasteiger partial charge < -0.3 is 19.7 Å². The zero-order valence-corrected chi connectivity index (χ0v) is 15.8. The van der Waals surface area contributed by atoms with Crippen molar-refractivity contribution < 1.29 is 14.3 Å². The number of ether oxygens (including phenoxy) is 2. The van der Waals surface area contributed by atoms with Gasteiger partial charge in [-0.25, -0.2) is 9.97 Å². The van der Waals surface area contributed by atoms with Gasteiger partial charge in [0.1, 0.15) is 23.8 Å². The Labute approximate surface area is 154 Å². The van der Waals surface area contributed by atoms with Gasteiger partial charge in [-0.3, -0.25) is 4.79 Å². The third kappa shape index (κ3) is 5.34. The number of nitrogens with zero attached hydrogens (tertiary/aromatic N) is 3. The van der Waals surface area contributed by atoms with Crippen LogP contribution in [0.25, 0.3) is 0 Å². The quantitative estimate of drug-likeness (QED) is 0.695. The highest BCUT2D eigenvalue weighted by Crippen LogP contribution is 2.16. The van der Waals surface area contributed by atoms with Crippen molar-refractivity contribution in [2.24, 2.45) is 0 Å². The van der Waals surface area contributed by atoms with E-state index >= 15 is 0 Å². The minimum absolute atomic E-state index is 0.0852. The van der Waals surface area contributed by atoms with E-state index in [4.69, 9.17) is 9.47 Å². The number of nitrogens with one attached hydrogen (secondary N) is 1. The molecule has 2 rings (SSSR count). The number of rotatable bonds is 9. The van der Waals surface area contributed by atoms with Crippen molar-refractivity contribution >= 4 is 11.9 Å². The van der Waals surface area contributed by atoms with Crippen LogP contribution >= 0.6 is 0 Å². The van der Waals surface area contributed by atoms with Gasteiger partial charge >= 0.3 is 0 Å². The number of methoxy groups -OCH3 is 1. The zero-order chi connectivity index (χ0) is 18.9. The number of hydrogen-bond donors (Lipinski definition) is 1. The molecule has 0 radical (unpaired) electrons. The van der Waals surface area contributed by atoms with Crippen molar-refractivity contribution in [2.75, 3.05) is 38.7 Å². The first-order chi connectivity index (χ1) is 12.6. The second-order valence-corrected chi connectivity index (χ2v) is 5.65. The van der Waals surface area contributed by atoms with Crippen LogP contribution in [0.2, 0.25) is 0 Å². The summed E-state index contributed by atoms with van der Waals surface area (Å²) in [6, 6.07) is 9.10. The minimum Gasteiger partial charge on any atom is -0.497 e. The van der Waals surface area contributed by atoms with Crippen LogP contribution in [0.5, 0.6) is 11.5 Å². The zero-order valence-electron chi connectivity index (χ0n) is 15.8. The van der Waals surface area contributed by atoms with Crippen LogP contribution in [-0.2, 0) is 0 Å². The molecule has 0 unspecified atom stereocenters. The summed E-state index contributed by atoms with van der Waals surface area (Å²) >= 11 is 0. The molecular formula is C19H26N4O3. The van der Waals surface area contributed by atoms with Gasteiger partial charge in [0, 0.05) is 18.8 Å². The number of benzene rings is 1. The number of amides is 1. The van der Waals surface area contributed by atoms with Crippen molar-refractivity contribution in [3.05, 3.63) is 41.7 Å². The highest BCUT2D eigenvalue weighted by Gasteiger charge is 2.15. The van der Waals surface area contributed by atoms with Crippen molar-refractivity contribution in [1.29, 1.82) is 0 Å². The third-order valence-corrected chi connectivity index (χ3v) is 3.84. The average molecular weight is 358 g/mol. The molecular weight excluding hydrogens is 332 g/mol. The van der Waals surface area contributed by atoms with Gasteiger partial charge in [-0.15, -0.1) is 0 Å². The predicted molar refractivity (Wildman–Crippen MR) is 101 cm³/mol. The molecule has 7 nitrogen and oxygen atoms in total. The van der Waals surface area contributed by atoms with Gasteiger partial charge in [0.2, 0.25) is 5.95 Å². The Morgan fingerprint density at radius 3 is 2.38 bits per heavy atom. The summed E-state index contributed by atoms with van der Waals surface area (Å²) in [5.74, 6) is 1.89. The Hall–Kier alpha value is -2.83. The number of aromatic nitrogens is 2. The molecule has 26 heavy (non-hydrogen) atoms. The fourth-order valence-electron chi connectivity index (χ4n) is 2.43. The summed E-state index contributed by atoms with van der Waals surface area (Å²) in [4.78, 5) is 22.8. The van der Waals surface area contributed by atoms with Crippen LogP contribution in [0.4, 0.5) is 5.95 Å². The van der Waals surface area contributed by atoms with E-state index in [9.17, 15) is 4.79 Å². The fraction of sp³-hybridized carbons (Fsp3) is 0.421. The minimum atomic E-state index is -0.0852. The maximum atomic E-state index is 12.5. The number of hydrogen-bond acceptors (Lipinski definition) is 6. The maximum absolute atomic E-state index is 12.5. The van der Waals surface area contributed by atoms with Crippen molar-refractivity contribution in [1.82, 2.24) is 14.9 Å². The molecule has 1 aromatic carbocycles. The smallest absolute Gasteiger partial charge is 0.272 e. The molecule has 0 saturated carbocycles. The summed E-state index contributed by atoms with van der Waals surface area (Å²) in [7, 11) is 1.63. The first-order valence-corrected chi connectivity index (χ1v) is 8.73. The molecule has 1 amide bonds. The van der Waals surface area contributed by atoms with Gasteiger partial charge in [-0.2, -0.15) is 0 Å². The molecule has 0 aliphatic rings. The third-order valence-electron chi connectivity index (χ3n) is 3.84. The Balaban J connectivity index is 1.91. The van der Waals surface area contributed by atoms with E-state index in [-0.39, 0.29) is 5.91 Å². The first kappa shape index (κ1) is 19.5. The van der Waals surface area contributed by atoms with Crippen molar-refractivity contribution in [3.63, 3.8) is 0 Å². The molecule has 0 aliphatic heterocycles. The summed E-state index contributed by atoms with van der Waals surface area (Å²) in [5, 5.41) is 3.11. The van der Waals surface area contributed by atoms with Gasteiger partial charge in [0.05, 0.1) is 13.7 Å². The summed E-state index contributed by atoms with van der Waals surface area (Å²) in [6.07, 6.45) is 0. The van der Waals surface area contributed by atoms with Crippen LogP contribution in [-0.4, -0.2) is 54.1 Å². The van der Waals surface area contributed by atoms with E-state index in [0.29, 0.717) is 37.9 Å². The SMILES string of the molecule is CCN(CC)C(=O)c1cc(C)nc(NCCOc2ccc(OC)cc2)n1. The Morgan fingerprint density at radius 1 is 1.12 bits per heavy atom. The summed E-state index contributed by atoms with van der Waals surface area (Å²) in [6.45, 7) is 8.01. The van der Waals surface area contributed by atoms with E-state index < -0.39 is 0 Å². The van der Waals surface area contributed by atoms with Crippen LogP contribution in [0.15, 0.2) is 30.3 Å². The van der Waals surface area contributed by atoms with Crippen LogP contribution in [0, 0.1) is 6.92 Å². The number of aryl methyl sites for hydroxylation is 1. The molecule has 140 valence electrons. The number of carbonyl (C=O) groups excluding carboxylic acids is 1. The van der Waals surface area contributed by atoms with E-state index in [1.54, 1.807) is 18.1 Å². The van der Waals surface area contributed by atoms with Crippen molar-refractivity contribution in [3.8, 4) is 11.5 Å². The molecule has 0 aliphatic carbocycles. The molecule has 1 heterocycles. The largest absolute Gasteiger partial charge is 0.497 e. The van der Waals surface area contributed by atoms with Crippen molar-refractivity contribution in [2.45, 2.75) is 20.8 Å².